The number of rotatable bonds is 6. The van der Waals surface area contributed by atoms with Crippen molar-refractivity contribution in [3.63, 3.8) is 0 Å². The molecule has 2 aromatic carbocycles. The quantitative estimate of drug-likeness (QED) is 0.665. The van der Waals surface area contributed by atoms with Gasteiger partial charge in [0.25, 0.3) is 0 Å². The minimum absolute atomic E-state index is 0.0243. The van der Waals surface area contributed by atoms with Crippen LogP contribution in [-0.4, -0.2) is 17.9 Å². The van der Waals surface area contributed by atoms with Crippen LogP contribution in [0.15, 0.2) is 60.0 Å². The molecule has 0 fully saturated rings. The average Bonchev–Trinajstić information content (AvgIpc) is 3.13. The first kappa shape index (κ1) is 18.1. The van der Waals surface area contributed by atoms with Crippen LogP contribution < -0.4 is 10.2 Å². The second-order valence-corrected chi connectivity index (χ2v) is 7.41. The molecule has 1 N–H and O–H groups in total. The molecule has 4 nitrogen and oxygen atoms in total. The highest BCUT2D eigenvalue weighted by molar-refractivity contribution is 7.14. The smallest absolute Gasteiger partial charge is 0.226 e. The summed E-state index contributed by atoms with van der Waals surface area (Å²) in [6, 6.07) is 18.2. The second kappa shape index (κ2) is 8.15. The lowest BCUT2D eigenvalue weighted by Gasteiger charge is -2.15. The summed E-state index contributed by atoms with van der Waals surface area (Å²) in [5.74, 6) is -0.00726. The van der Waals surface area contributed by atoms with E-state index in [4.69, 9.17) is 4.98 Å². The van der Waals surface area contributed by atoms with Crippen LogP contribution in [-0.2, 0) is 11.3 Å². The Bertz CT molecular complexity index is 856. The highest BCUT2D eigenvalue weighted by atomic mass is 32.1. The van der Waals surface area contributed by atoms with Gasteiger partial charge in [-0.1, -0.05) is 56.3 Å². The fourth-order valence-corrected chi connectivity index (χ4v) is 3.31. The Hall–Kier alpha value is -2.66. The first-order chi connectivity index (χ1) is 12.5. The van der Waals surface area contributed by atoms with Crippen LogP contribution in [0.4, 0.5) is 10.8 Å². The lowest BCUT2D eigenvalue weighted by molar-refractivity contribution is -0.118. The van der Waals surface area contributed by atoms with Crippen LogP contribution >= 0.6 is 11.3 Å². The normalized spacial score (nSPS) is 10.8. The summed E-state index contributed by atoms with van der Waals surface area (Å²) in [5.41, 5.74) is 4.07. The van der Waals surface area contributed by atoms with Gasteiger partial charge >= 0.3 is 0 Å². The zero-order valence-corrected chi connectivity index (χ0v) is 16.1. The zero-order valence-electron chi connectivity index (χ0n) is 15.3. The van der Waals surface area contributed by atoms with Crippen LogP contribution in [0.5, 0.6) is 0 Å². The molecule has 0 saturated carbocycles. The average molecular weight is 366 g/mol. The van der Waals surface area contributed by atoms with Gasteiger partial charge in [0.2, 0.25) is 5.91 Å². The highest BCUT2D eigenvalue weighted by Crippen LogP contribution is 2.28. The van der Waals surface area contributed by atoms with E-state index in [1.807, 2.05) is 44.2 Å². The second-order valence-electron chi connectivity index (χ2n) is 6.58. The molecule has 1 aromatic heterocycles. The van der Waals surface area contributed by atoms with E-state index in [9.17, 15) is 4.79 Å². The maximum atomic E-state index is 11.8. The molecular formula is C21H23N3OS. The van der Waals surface area contributed by atoms with Crippen molar-refractivity contribution in [2.24, 2.45) is 5.92 Å². The molecule has 134 valence electrons. The Kier molecular flexibility index (Phi) is 5.68. The molecule has 5 heteroatoms. The maximum absolute atomic E-state index is 11.8. The van der Waals surface area contributed by atoms with Gasteiger partial charge < -0.3 is 10.2 Å². The first-order valence-electron chi connectivity index (χ1n) is 8.65. The minimum atomic E-state index is -0.0315. The van der Waals surface area contributed by atoms with Gasteiger partial charge in [-0.2, -0.15) is 0 Å². The molecule has 0 saturated heterocycles. The van der Waals surface area contributed by atoms with Crippen molar-refractivity contribution < 1.29 is 4.79 Å². The Morgan fingerprint density at radius 2 is 1.81 bits per heavy atom. The number of anilines is 2. The third-order valence-corrected chi connectivity index (χ3v) is 5.01. The van der Waals surface area contributed by atoms with Gasteiger partial charge in [-0.15, -0.1) is 11.3 Å². The molecule has 26 heavy (non-hydrogen) atoms. The molecule has 0 aliphatic carbocycles. The minimum Gasteiger partial charge on any atom is -0.347 e. The summed E-state index contributed by atoms with van der Waals surface area (Å²) in [6.07, 6.45) is 0. The number of nitrogens with one attached hydrogen (secondary N) is 1. The molecular weight excluding hydrogens is 342 g/mol. The largest absolute Gasteiger partial charge is 0.347 e. The fourth-order valence-electron chi connectivity index (χ4n) is 2.51. The number of aromatic nitrogens is 1. The van der Waals surface area contributed by atoms with Crippen LogP contribution in [0.2, 0.25) is 0 Å². The summed E-state index contributed by atoms with van der Waals surface area (Å²) in [4.78, 5) is 18.7. The molecule has 0 atom stereocenters. The van der Waals surface area contributed by atoms with Crippen LogP contribution in [0.1, 0.15) is 19.4 Å². The van der Waals surface area contributed by atoms with Crippen molar-refractivity contribution in [3.8, 4) is 11.3 Å². The number of hydrogen-bond acceptors (Lipinski definition) is 4. The number of carbonyl (C=O) groups is 1. The van der Waals surface area contributed by atoms with E-state index in [1.165, 1.54) is 5.56 Å². The van der Waals surface area contributed by atoms with E-state index >= 15 is 0 Å². The van der Waals surface area contributed by atoms with Crippen molar-refractivity contribution in [3.05, 3.63) is 65.5 Å². The zero-order chi connectivity index (χ0) is 18.5. The molecule has 1 amide bonds. The van der Waals surface area contributed by atoms with Crippen molar-refractivity contribution >= 4 is 28.1 Å². The van der Waals surface area contributed by atoms with Crippen LogP contribution in [0.25, 0.3) is 11.3 Å². The lowest BCUT2D eigenvalue weighted by atomic mass is 10.1. The Morgan fingerprint density at radius 3 is 2.46 bits per heavy atom. The Labute approximate surface area is 158 Å². The standard InChI is InChI=1S/C21H23N3OS/c1-15(2)20(25)22-18-11-9-17(10-12-18)19-14-26-21(23-19)24(3)13-16-7-5-4-6-8-16/h4-12,14-15H,13H2,1-3H3,(H,22,25). The highest BCUT2D eigenvalue weighted by Gasteiger charge is 2.10. The number of hydrogen-bond donors (Lipinski definition) is 1. The third kappa shape index (κ3) is 4.49. The monoisotopic (exact) mass is 365 g/mol. The SMILES string of the molecule is CC(C)C(=O)Nc1ccc(-c2csc(N(C)Cc3ccccc3)n2)cc1. The van der Waals surface area contributed by atoms with Crippen LogP contribution in [0, 0.1) is 5.92 Å². The van der Waals surface area contributed by atoms with E-state index < -0.39 is 0 Å². The summed E-state index contributed by atoms with van der Waals surface area (Å²) < 4.78 is 0. The number of thiazole rings is 1. The summed E-state index contributed by atoms with van der Waals surface area (Å²) in [5, 5.41) is 5.96. The number of carbonyl (C=O) groups excluding carboxylic acids is 1. The van der Waals surface area contributed by atoms with Gasteiger partial charge in [0.1, 0.15) is 0 Å². The van der Waals surface area contributed by atoms with Crippen molar-refractivity contribution in [2.45, 2.75) is 20.4 Å². The van der Waals surface area contributed by atoms with Crippen molar-refractivity contribution in [1.29, 1.82) is 0 Å². The van der Waals surface area contributed by atoms with Crippen molar-refractivity contribution in [1.82, 2.24) is 4.98 Å². The molecule has 0 spiro atoms. The fraction of sp³-hybridized carbons (Fsp3) is 0.238. The molecule has 0 aliphatic heterocycles. The maximum Gasteiger partial charge on any atom is 0.226 e. The van der Waals surface area contributed by atoms with Gasteiger partial charge in [-0.05, 0) is 17.7 Å². The van der Waals surface area contributed by atoms with Gasteiger partial charge in [0.15, 0.2) is 5.13 Å². The number of benzene rings is 2. The number of amides is 1. The van der Waals surface area contributed by atoms with Crippen molar-refractivity contribution in [2.75, 3.05) is 17.3 Å². The van der Waals surface area contributed by atoms with E-state index in [2.05, 4.69) is 46.9 Å². The first-order valence-corrected chi connectivity index (χ1v) is 9.53. The summed E-state index contributed by atoms with van der Waals surface area (Å²) in [6.45, 7) is 4.59. The summed E-state index contributed by atoms with van der Waals surface area (Å²) in [7, 11) is 2.06. The molecule has 0 radical (unpaired) electrons. The van der Waals surface area contributed by atoms with Gasteiger partial charge in [-0.3, -0.25) is 4.79 Å². The number of nitrogens with zero attached hydrogens (tertiary/aromatic N) is 2. The molecule has 3 aromatic rings. The Morgan fingerprint density at radius 1 is 1.12 bits per heavy atom. The lowest BCUT2D eigenvalue weighted by Crippen LogP contribution is -2.17. The van der Waals surface area contributed by atoms with Gasteiger partial charge in [-0.25, -0.2) is 4.98 Å². The predicted molar refractivity (Wildman–Crippen MR) is 110 cm³/mol. The summed E-state index contributed by atoms with van der Waals surface area (Å²) >= 11 is 1.64. The predicted octanol–water partition coefficient (Wildman–Crippen LogP) is 5.04. The van der Waals surface area contributed by atoms with E-state index in [0.29, 0.717) is 0 Å². The topological polar surface area (TPSA) is 45.2 Å². The third-order valence-electron chi connectivity index (χ3n) is 4.05. The Balaban J connectivity index is 1.68. The molecule has 0 aliphatic rings. The molecule has 3 rings (SSSR count). The molecule has 1 heterocycles. The van der Waals surface area contributed by atoms with E-state index in [0.717, 1.165) is 28.6 Å². The van der Waals surface area contributed by atoms with Gasteiger partial charge in [0, 0.05) is 36.1 Å². The molecule has 0 bridgehead atoms. The van der Waals surface area contributed by atoms with Gasteiger partial charge in [0.05, 0.1) is 5.69 Å². The van der Waals surface area contributed by atoms with E-state index in [1.54, 1.807) is 11.3 Å². The van der Waals surface area contributed by atoms with E-state index in [-0.39, 0.29) is 11.8 Å². The van der Waals surface area contributed by atoms with Crippen LogP contribution in [0.3, 0.4) is 0 Å². The molecule has 0 unspecified atom stereocenters.